The molecule has 0 aromatic heterocycles. The minimum absolute atomic E-state index is 0.545. The maximum atomic E-state index is 4.14. The smallest absolute Gasteiger partial charge is 0.0366 e. The first-order valence-electron chi connectivity index (χ1n) is 5.45. The van der Waals surface area contributed by atoms with E-state index >= 15 is 0 Å². The maximum Gasteiger partial charge on any atom is 0.0366 e. The summed E-state index contributed by atoms with van der Waals surface area (Å²) in [7, 11) is 0. The molecule has 0 atom stereocenters. The maximum absolute atomic E-state index is 4.14. The molecular formula is C14H15N. The SMILES string of the molecule is C=C1C2CN(c3ccccc3)CC1C2=C. The molecule has 4 rings (SSSR count). The van der Waals surface area contributed by atoms with Crippen molar-refractivity contribution in [3.63, 3.8) is 0 Å². The zero-order valence-electron chi connectivity index (χ0n) is 8.82. The molecule has 15 heavy (non-hydrogen) atoms. The Labute approximate surface area is 90.7 Å². The zero-order chi connectivity index (χ0) is 10.4. The number of anilines is 1. The van der Waals surface area contributed by atoms with E-state index < -0.39 is 0 Å². The van der Waals surface area contributed by atoms with Gasteiger partial charge in [-0.25, -0.2) is 0 Å². The number of fused-ring (bicyclic) bond motifs is 2. The van der Waals surface area contributed by atoms with Crippen molar-refractivity contribution in [2.75, 3.05) is 18.0 Å². The number of piperidine rings is 2. The van der Waals surface area contributed by atoms with Crippen molar-refractivity contribution in [2.45, 2.75) is 0 Å². The topological polar surface area (TPSA) is 3.24 Å². The average molecular weight is 197 g/mol. The molecule has 3 fully saturated rings. The lowest BCUT2D eigenvalue weighted by Gasteiger charge is -2.52. The molecule has 0 radical (unpaired) electrons. The Morgan fingerprint density at radius 2 is 1.47 bits per heavy atom. The predicted octanol–water partition coefficient (Wildman–Crippen LogP) is 2.87. The Morgan fingerprint density at radius 3 is 2.00 bits per heavy atom. The van der Waals surface area contributed by atoms with Crippen LogP contribution in [0.25, 0.3) is 0 Å². The Hall–Kier alpha value is -1.50. The van der Waals surface area contributed by atoms with Gasteiger partial charge in [0, 0.05) is 30.6 Å². The van der Waals surface area contributed by atoms with Gasteiger partial charge in [-0.2, -0.15) is 0 Å². The third-order valence-electron chi connectivity index (χ3n) is 3.72. The Balaban J connectivity index is 1.84. The summed E-state index contributed by atoms with van der Waals surface area (Å²) in [5.74, 6) is 1.09. The molecule has 2 heterocycles. The molecule has 1 nitrogen and oxygen atoms in total. The quantitative estimate of drug-likeness (QED) is 0.626. The lowest BCUT2D eigenvalue weighted by Crippen LogP contribution is -2.51. The highest BCUT2D eigenvalue weighted by Crippen LogP contribution is 2.48. The zero-order valence-corrected chi connectivity index (χ0v) is 8.82. The lowest BCUT2D eigenvalue weighted by atomic mass is 9.63. The van der Waals surface area contributed by atoms with Gasteiger partial charge in [0.15, 0.2) is 0 Å². The van der Waals surface area contributed by atoms with Crippen molar-refractivity contribution in [1.82, 2.24) is 0 Å². The number of rotatable bonds is 1. The molecule has 1 heteroatoms. The molecule has 1 aromatic carbocycles. The van der Waals surface area contributed by atoms with E-state index in [0.717, 1.165) is 13.1 Å². The first kappa shape index (κ1) is 8.78. The summed E-state index contributed by atoms with van der Waals surface area (Å²) in [4.78, 5) is 2.44. The normalized spacial score (nSPS) is 28.9. The summed E-state index contributed by atoms with van der Waals surface area (Å²) in [6.07, 6.45) is 0. The summed E-state index contributed by atoms with van der Waals surface area (Å²) < 4.78 is 0. The number of benzene rings is 1. The molecule has 1 aliphatic carbocycles. The average Bonchev–Trinajstić information content (AvgIpc) is 2.32. The first-order chi connectivity index (χ1) is 7.27. The fourth-order valence-corrected chi connectivity index (χ4v) is 2.70. The van der Waals surface area contributed by atoms with Crippen molar-refractivity contribution in [3.05, 3.63) is 54.6 Å². The number of hydrogen-bond donors (Lipinski definition) is 0. The van der Waals surface area contributed by atoms with E-state index in [-0.39, 0.29) is 0 Å². The molecule has 1 saturated carbocycles. The second kappa shape index (κ2) is 2.99. The largest absolute Gasteiger partial charge is 0.370 e. The van der Waals surface area contributed by atoms with Crippen molar-refractivity contribution < 1.29 is 0 Å². The fourth-order valence-electron chi connectivity index (χ4n) is 2.70. The van der Waals surface area contributed by atoms with E-state index in [1.54, 1.807) is 0 Å². The van der Waals surface area contributed by atoms with Crippen molar-refractivity contribution in [3.8, 4) is 0 Å². The van der Waals surface area contributed by atoms with Crippen LogP contribution in [0, 0.1) is 11.8 Å². The number of para-hydroxylation sites is 1. The van der Waals surface area contributed by atoms with E-state index in [1.165, 1.54) is 16.8 Å². The molecule has 76 valence electrons. The second-order valence-electron chi connectivity index (χ2n) is 4.50. The molecule has 2 aliphatic heterocycles. The van der Waals surface area contributed by atoms with Crippen LogP contribution >= 0.6 is 0 Å². The Kier molecular flexibility index (Phi) is 1.75. The highest BCUT2D eigenvalue weighted by atomic mass is 15.2. The summed E-state index contributed by atoms with van der Waals surface area (Å²) >= 11 is 0. The van der Waals surface area contributed by atoms with Crippen molar-refractivity contribution >= 4 is 5.69 Å². The monoisotopic (exact) mass is 197 g/mol. The second-order valence-corrected chi connectivity index (χ2v) is 4.50. The van der Waals surface area contributed by atoms with E-state index in [9.17, 15) is 0 Å². The molecular weight excluding hydrogens is 182 g/mol. The van der Waals surface area contributed by atoms with E-state index in [0.29, 0.717) is 11.8 Å². The van der Waals surface area contributed by atoms with Crippen LogP contribution < -0.4 is 4.90 Å². The standard InChI is InChI=1S/C14H15N/c1-10-13-8-15(9-14(10)11(13)2)12-6-4-3-5-7-12/h3-7,13-14H,1-2,8-9H2. The van der Waals surface area contributed by atoms with Gasteiger partial charge in [0.25, 0.3) is 0 Å². The van der Waals surface area contributed by atoms with E-state index in [4.69, 9.17) is 0 Å². The van der Waals surface area contributed by atoms with E-state index in [1.807, 2.05) is 0 Å². The third kappa shape index (κ3) is 1.16. The van der Waals surface area contributed by atoms with E-state index in [2.05, 4.69) is 48.4 Å². The van der Waals surface area contributed by atoms with Crippen LogP contribution in [0.2, 0.25) is 0 Å². The van der Waals surface area contributed by atoms with Crippen LogP contribution in [0.1, 0.15) is 0 Å². The fraction of sp³-hybridized carbons (Fsp3) is 0.286. The molecule has 0 amide bonds. The molecule has 0 unspecified atom stereocenters. The number of nitrogens with zero attached hydrogens (tertiary/aromatic N) is 1. The molecule has 0 spiro atoms. The minimum Gasteiger partial charge on any atom is -0.370 e. The number of hydrogen-bond acceptors (Lipinski definition) is 1. The summed E-state index contributed by atoms with van der Waals surface area (Å²) in [6.45, 7) is 10.4. The molecule has 1 aromatic rings. The van der Waals surface area contributed by atoms with Gasteiger partial charge >= 0.3 is 0 Å². The minimum atomic E-state index is 0.545. The molecule has 2 saturated heterocycles. The molecule has 2 bridgehead atoms. The van der Waals surface area contributed by atoms with Gasteiger partial charge in [0.05, 0.1) is 0 Å². The highest BCUT2D eigenvalue weighted by molar-refractivity contribution is 5.54. The third-order valence-corrected chi connectivity index (χ3v) is 3.72. The van der Waals surface area contributed by atoms with Gasteiger partial charge in [-0.1, -0.05) is 42.5 Å². The highest BCUT2D eigenvalue weighted by Gasteiger charge is 2.44. The van der Waals surface area contributed by atoms with Crippen LogP contribution in [0.5, 0.6) is 0 Å². The summed E-state index contributed by atoms with van der Waals surface area (Å²) in [6, 6.07) is 10.6. The summed E-state index contributed by atoms with van der Waals surface area (Å²) in [5, 5.41) is 0. The van der Waals surface area contributed by atoms with Gasteiger partial charge in [0.1, 0.15) is 0 Å². The lowest BCUT2D eigenvalue weighted by molar-refractivity contribution is 0.386. The molecule has 3 aliphatic rings. The van der Waals surface area contributed by atoms with Gasteiger partial charge in [0.2, 0.25) is 0 Å². The van der Waals surface area contributed by atoms with Crippen LogP contribution in [-0.4, -0.2) is 13.1 Å². The first-order valence-corrected chi connectivity index (χ1v) is 5.45. The molecule has 0 N–H and O–H groups in total. The van der Waals surface area contributed by atoms with Crippen LogP contribution in [0.3, 0.4) is 0 Å². The van der Waals surface area contributed by atoms with Gasteiger partial charge in [-0.05, 0) is 12.1 Å². The Morgan fingerprint density at radius 1 is 0.933 bits per heavy atom. The van der Waals surface area contributed by atoms with Crippen LogP contribution in [0.15, 0.2) is 54.6 Å². The predicted molar refractivity (Wildman–Crippen MR) is 63.9 cm³/mol. The van der Waals surface area contributed by atoms with Gasteiger partial charge in [-0.15, -0.1) is 0 Å². The van der Waals surface area contributed by atoms with Gasteiger partial charge < -0.3 is 4.90 Å². The van der Waals surface area contributed by atoms with Gasteiger partial charge in [-0.3, -0.25) is 0 Å². The van der Waals surface area contributed by atoms with Crippen LogP contribution in [0.4, 0.5) is 5.69 Å². The Bertz CT molecular complexity index is 384. The van der Waals surface area contributed by atoms with Crippen molar-refractivity contribution in [2.24, 2.45) is 11.8 Å². The van der Waals surface area contributed by atoms with Crippen LogP contribution in [-0.2, 0) is 0 Å². The summed E-state index contributed by atoms with van der Waals surface area (Å²) in [5.41, 5.74) is 4.12. The van der Waals surface area contributed by atoms with Crippen molar-refractivity contribution in [1.29, 1.82) is 0 Å².